The van der Waals surface area contributed by atoms with Crippen LogP contribution in [0.5, 0.6) is 0 Å². The van der Waals surface area contributed by atoms with Gasteiger partial charge in [-0.15, -0.1) is 0 Å². The number of carbonyl (C=O) groups is 2. The molecule has 0 bridgehead atoms. The Morgan fingerprint density at radius 2 is 1.89 bits per heavy atom. The van der Waals surface area contributed by atoms with Crippen LogP contribution < -0.4 is 10.2 Å². The maximum absolute atomic E-state index is 14.4. The zero-order valence-electron chi connectivity index (χ0n) is 26.8. The van der Waals surface area contributed by atoms with Crippen LogP contribution in [0.1, 0.15) is 65.7 Å². The number of hydrogen-bond donors (Lipinski definition) is 1. The van der Waals surface area contributed by atoms with Crippen molar-refractivity contribution in [2.24, 2.45) is 0 Å². The lowest BCUT2D eigenvalue weighted by molar-refractivity contribution is 0.00695. The van der Waals surface area contributed by atoms with E-state index in [1.165, 1.54) is 12.1 Å². The Morgan fingerprint density at radius 3 is 2.60 bits per heavy atom. The number of imidazole rings is 1. The number of amides is 1. The minimum atomic E-state index is -0.762. The van der Waals surface area contributed by atoms with Crippen molar-refractivity contribution in [1.82, 2.24) is 19.4 Å². The number of aromatic nitrogens is 3. The Hall–Kier alpha value is -4.86. The van der Waals surface area contributed by atoms with Crippen molar-refractivity contribution in [3.63, 3.8) is 0 Å². The number of ether oxygens (including phenoxy) is 2. The summed E-state index contributed by atoms with van der Waals surface area (Å²) in [5.74, 6) is 0.186. The second-order valence-electron chi connectivity index (χ2n) is 12.9. The van der Waals surface area contributed by atoms with Crippen LogP contribution in [-0.2, 0) is 22.6 Å². The number of nitriles is 1. The van der Waals surface area contributed by atoms with Gasteiger partial charge < -0.3 is 24.3 Å². The number of carbonyl (C=O) groups excluding carboxylic acids is 2. The van der Waals surface area contributed by atoms with Gasteiger partial charge in [0.2, 0.25) is 0 Å². The average molecular weight is 640 g/mol. The van der Waals surface area contributed by atoms with Gasteiger partial charge in [0.1, 0.15) is 28.9 Å². The molecule has 4 aromatic rings. The molecule has 2 saturated heterocycles. The highest BCUT2D eigenvalue weighted by atomic mass is 19.1. The lowest BCUT2D eigenvalue weighted by atomic mass is 10.1. The molecule has 2 aromatic heterocycles. The SMILES string of the molecule is CC(C)(C)OC(=O)c1ccc2nc(CN3CCN(c4cccc(NC(=O)c5ccc(C#N)cc5F)n4)CC3)n(C[C@@H]3CCCO3)c2c1. The summed E-state index contributed by atoms with van der Waals surface area (Å²) >= 11 is 0. The molecular weight excluding hydrogens is 601 g/mol. The average Bonchev–Trinajstić information content (AvgIpc) is 3.68. The molecule has 2 fully saturated rings. The van der Waals surface area contributed by atoms with E-state index in [1.807, 2.05) is 45.0 Å². The summed E-state index contributed by atoms with van der Waals surface area (Å²) in [6.45, 7) is 10.6. The molecular formula is C35H38FN7O4. The van der Waals surface area contributed by atoms with Gasteiger partial charge >= 0.3 is 5.97 Å². The maximum atomic E-state index is 14.4. The second-order valence-corrected chi connectivity index (χ2v) is 12.9. The van der Waals surface area contributed by atoms with Crippen LogP contribution in [-0.4, -0.2) is 75.8 Å². The predicted molar refractivity (Wildman–Crippen MR) is 175 cm³/mol. The van der Waals surface area contributed by atoms with Crippen molar-refractivity contribution < 1.29 is 23.5 Å². The minimum absolute atomic E-state index is 0.0976. The largest absolute Gasteiger partial charge is 0.456 e. The molecule has 1 amide bonds. The van der Waals surface area contributed by atoms with E-state index in [2.05, 4.69) is 24.7 Å². The highest BCUT2D eigenvalue weighted by Crippen LogP contribution is 2.25. The number of pyridine rings is 1. The molecule has 2 aliphatic rings. The third-order valence-electron chi connectivity index (χ3n) is 8.25. The number of esters is 1. The van der Waals surface area contributed by atoms with Gasteiger partial charge in [0.25, 0.3) is 5.91 Å². The van der Waals surface area contributed by atoms with E-state index in [9.17, 15) is 14.0 Å². The Labute approximate surface area is 272 Å². The number of nitrogens with one attached hydrogen (secondary N) is 1. The monoisotopic (exact) mass is 639 g/mol. The highest BCUT2D eigenvalue weighted by molar-refractivity contribution is 6.04. The number of nitrogens with zero attached hydrogens (tertiary/aromatic N) is 6. The molecule has 4 heterocycles. The highest BCUT2D eigenvalue weighted by Gasteiger charge is 2.25. The van der Waals surface area contributed by atoms with Crippen molar-refractivity contribution in [2.45, 2.75) is 58.4 Å². The van der Waals surface area contributed by atoms with Gasteiger partial charge in [-0.25, -0.2) is 19.2 Å². The summed E-state index contributed by atoms with van der Waals surface area (Å²) in [6.07, 6.45) is 2.11. The molecule has 0 radical (unpaired) electrons. The number of anilines is 2. The summed E-state index contributed by atoms with van der Waals surface area (Å²) in [5.41, 5.74) is 1.61. The number of hydrogen-bond acceptors (Lipinski definition) is 9. The molecule has 2 aromatic carbocycles. The third-order valence-corrected chi connectivity index (χ3v) is 8.25. The fourth-order valence-electron chi connectivity index (χ4n) is 5.91. The maximum Gasteiger partial charge on any atom is 0.338 e. The molecule has 1 N–H and O–H groups in total. The molecule has 0 saturated carbocycles. The van der Waals surface area contributed by atoms with E-state index in [1.54, 1.807) is 18.2 Å². The van der Waals surface area contributed by atoms with Crippen molar-refractivity contribution >= 4 is 34.5 Å². The topological polar surface area (TPSA) is 126 Å². The van der Waals surface area contributed by atoms with E-state index in [0.717, 1.165) is 55.5 Å². The molecule has 2 aliphatic heterocycles. The fourth-order valence-corrected chi connectivity index (χ4v) is 5.91. The summed E-state index contributed by atoms with van der Waals surface area (Å²) in [7, 11) is 0. The number of fused-ring (bicyclic) bond motifs is 1. The van der Waals surface area contributed by atoms with Gasteiger partial charge in [0.15, 0.2) is 0 Å². The van der Waals surface area contributed by atoms with Crippen LogP contribution in [0.4, 0.5) is 16.0 Å². The Bertz CT molecular complexity index is 1830. The number of benzene rings is 2. The van der Waals surface area contributed by atoms with Gasteiger partial charge in [-0.2, -0.15) is 5.26 Å². The summed E-state index contributed by atoms with van der Waals surface area (Å²) < 4.78 is 28.2. The summed E-state index contributed by atoms with van der Waals surface area (Å²) in [4.78, 5) is 39.7. The van der Waals surface area contributed by atoms with Crippen LogP contribution in [0, 0.1) is 17.1 Å². The molecule has 6 rings (SSSR count). The molecule has 0 unspecified atom stereocenters. The molecule has 11 nitrogen and oxygen atoms in total. The van der Waals surface area contributed by atoms with Crippen molar-refractivity contribution in [3.05, 3.63) is 82.9 Å². The van der Waals surface area contributed by atoms with E-state index in [-0.39, 0.29) is 23.2 Å². The molecule has 47 heavy (non-hydrogen) atoms. The van der Waals surface area contributed by atoms with Gasteiger partial charge in [-0.05, 0) is 82.1 Å². The molecule has 12 heteroatoms. The standard InChI is InChI=1S/C35H38FN7O4/c1-35(2,3)47-34(45)24-10-12-28-29(19-24)43(21-25-6-5-17-46-25)32(38-28)22-41-13-15-42(16-14-41)31-8-4-7-30(39-31)40-33(44)26-11-9-23(20-37)18-27(26)36/h4,7-12,18-19,25H,5-6,13-17,21-22H2,1-3H3,(H,39,40,44)/t25-/m0/s1. The molecule has 244 valence electrons. The zero-order valence-corrected chi connectivity index (χ0v) is 26.8. The smallest absolute Gasteiger partial charge is 0.338 e. The first-order chi connectivity index (χ1) is 22.6. The Morgan fingerprint density at radius 1 is 1.09 bits per heavy atom. The van der Waals surface area contributed by atoms with Crippen molar-refractivity contribution in [2.75, 3.05) is 43.0 Å². The normalized spacial score (nSPS) is 17.1. The van der Waals surface area contributed by atoms with Crippen LogP contribution in [0.3, 0.4) is 0 Å². The summed E-state index contributed by atoms with van der Waals surface area (Å²) in [5, 5.41) is 11.6. The first-order valence-electron chi connectivity index (χ1n) is 15.9. The van der Waals surface area contributed by atoms with Gasteiger partial charge in [-0.1, -0.05) is 6.07 Å². The first-order valence-corrected chi connectivity index (χ1v) is 15.9. The number of piperazine rings is 1. The third kappa shape index (κ3) is 7.59. The zero-order chi connectivity index (χ0) is 33.1. The molecule has 1 atom stereocenters. The van der Waals surface area contributed by atoms with Gasteiger partial charge in [0.05, 0.1) is 53.0 Å². The van der Waals surface area contributed by atoms with Crippen LogP contribution in [0.15, 0.2) is 54.6 Å². The first kappa shape index (κ1) is 32.1. The van der Waals surface area contributed by atoms with E-state index in [0.29, 0.717) is 43.4 Å². The predicted octanol–water partition coefficient (Wildman–Crippen LogP) is 5.15. The minimum Gasteiger partial charge on any atom is -0.456 e. The Balaban J connectivity index is 1.13. The molecule has 0 spiro atoms. The van der Waals surface area contributed by atoms with E-state index < -0.39 is 17.3 Å². The van der Waals surface area contributed by atoms with Crippen LogP contribution >= 0.6 is 0 Å². The van der Waals surface area contributed by atoms with Gasteiger partial charge in [-0.3, -0.25) is 9.69 Å². The lowest BCUT2D eigenvalue weighted by Crippen LogP contribution is -2.46. The second kappa shape index (κ2) is 13.5. The number of halogens is 1. The van der Waals surface area contributed by atoms with Crippen molar-refractivity contribution in [1.29, 1.82) is 5.26 Å². The van der Waals surface area contributed by atoms with Crippen LogP contribution in [0.2, 0.25) is 0 Å². The van der Waals surface area contributed by atoms with Crippen molar-refractivity contribution in [3.8, 4) is 6.07 Å². The lowest BCUT2D eigenvalue weighted by Gasteiger charge is -2.35. The number of rotatable bonds is 8. The van der Waals surface area contributed by atoms with E-state index >= 15 is 0 Å². The van der Waals surface area contributed by atoms with Crippen LogP contribution in [0.25, 0.3) is 11.0 Å². The molecule has 0 aliphatic carbocycles. The quantitative estimate of drug-likeness (QED) is 0.261. The Kier molecular flexibility index (Phi) is 9.20. The van der Waals surface area contributed by atoms with Gasteiger partial charge in [0, 0.05) is 32.8 Å². The summed E-state index contributed by atoms with van der Waals surface area (Å²) in [6, 6.07) is 16.5. The fraction of sp³-hybridized carbons (Fsp3) is 0.400. The van der Waals surface area contributed by atoms with E-state index in [4.69, 9.17) is 19.7 Å².